The van der Waals surface area contributed by atoms with Crippen LogP contribution in [0.1, 0.15) is 18.9 Å². The van der Waals surface area contributed by atoms with Gasteiger partial charge in [-0.15, -0.1) is 12.4 Å². The molecule has 0 atom stereocenters. The second-order valence-corrected chi connectivity index (χ2v) is 5.13. The number of nitrogens with two attached hydrogens (primary N) is 1. The number of rotatable bonds is 2. The normalized spacial score (nSPS) is 16.0. The van der Waals surface area contributed by atoms with E-state index < -0.39 is 0 Å². The van der Waals surface area contributed by atoms with E-state index >= 15 is 0 Å². The second-order valence-electron chi connectivity index (χ2n) is 5.13. The van der Waals surface area contributed by atoms with Gasteiger partial charge in [0.15, 0.2) is 0 Å². The van der Waals surface area contributed by atoms with Gasteiger partial charge in [0, 0.05) is 19.1 Å². The number of aromatic amines is 1. The molecule has 6 nitrogen and oxygen atoms in total. The van der Waals surface area contributed by atoms with Gasteiger partial charge in [-0.1, -0.05) is 12.1 Å². The minimum atomic E-state index is -0.0743. The summed E-state index contributed by atoms with van der Waals surface area (Å²) in [6.07, 6.45) is 1.57. The number of hydrogen-bond acceptors (Lipinski definition) is 3. The highest BCUT2D eigenvalue weighted by molar-refractivity contribution is 5.85. The molecule has 0 saturated carbocycles. The number of hydrogen-bond donors (Lipinski definition) is 2. The lowest BCUT2D eigenvalue weighted by atomic mass is 10.0. The number of carbonyl (C=O) groups excluding carboxylic acids is 1. The van der Waals surface area contributed by atoms with Crippen molar-refractivity contribution in [2.45, 2.75) is 18.9 Å². The lowest BCUT2D eigenvalue weighted by molar-refractivity contribution is -0.130. The molecule has 0 unspecified atom stereocenters. The molecular weight excluding hydrogens is 292 g/mol. The third kappa shape index (κ3) is 2.82. The highest BCUT2D eigenvalue weighted by Gasteiger charge is 2.25. The van der Waals surface area contributed by atoms with Crippen molar-refractivity contribution < 1.29 is 4.79 Å². The van der Waals surface area contributed by atoms with Crippen molar-refractivity contribution in [3.63, 3.8) is 0 Å². The van der Waals surface area contributed by atoms with E-state index in [1.54, 1.807) is 4.90 Å². The number of nitrogens with one attached hydrogen (secondary N) is 1. The zero-order chi connectivity index (χ0) is 14.1. The Morgan fingerprint density at radius 2 is 1.95 bits per heavy atom. The van der Waals surface area contributed by atoms with Crippen molar-refractivity contribution in [2.75, 3.05) is 19.6 Å². The number of piperidine rings is 1. The molecular formula is C14H19ClN4O2. The molecule has 1 aromatic heterocycles. The molecule has 1 aromatic carbocycles. The molecule has 1 aliphatic rings. The Morgan fingerprint density at radius 3 is 2.62 bits per heavy atom. The summed E-state index contributed by atoms with van der Waals surface area (Å²) in [4.78, 5) is 28.3. The summed E-state index contributed by atoms with van der Waals surface area (Å²) in [5, 5.41) is 0. The number of halogens is 1. The molecule has 21 heavy (non-hydrogen) atoms. The maximum atomic E-state index is 12.1. The number of para-hydroxylation sites is 2. The number of imidazole rings is 1. The zero-order valence-electron chi connectivity index (χ0n) is 11.6. The van der Waals surface area contributed by atoms with Crippen LogP contribution >= 0.6 is 12.4 Å². The third-order valence-electron chi connectivity index (χ3n) is 3.98. The summed E-state index contributed by atoms with van der Waals surface area (Å²) >= 11 is 0. The predicted molar refractivity (Wildman–Crippen MR) is 83.7 cm³/mol. The Bertz CT molecular complexity index is 686. The Hall–Kier alpha value is -1.79. The molecule has 3 rings (SSSR count). The van der Waals surface area contributed by atoms with E-state index in [1.165, 1.54) is 0 Å². The number of aromatic nitrogens is 2. The van der Waals surface area contributed by atoms with Gasteiger partial charge in [0.2, 0.25) is 5.91 Å². The second kappa shape index (κ2) is 6.32. The van der Waals surface area contributed by atoms with Gasteiger partial charge < -0.3 is 15.6 Å². The fourth-order valence-electron chi connectivity index (χ4n) is 2.94. The molecule has 1 amide bonds. The maximum absolute atomic E-state index is 12.1. The monoisotopic (exact) mass is 310 g/mol. The lowest BCUT2D eigenvalue weighted by Crippen LogP contribution is -2.43. The molecule has 3 N–H and O–H groups in total. The van der Waals surface area contributed by atoms with Gasteiger partial charge in [0.1, 0.15) is 0 Å². The molecule has 114 valence electrons. The fraction of sp³-hybridized carbons (Fsp3) is 0.429. The van der Waals surface area contributed by atoms with E-state index in [9.17, 15) is 9.59 Å². The summed E-state index contributed by atoms with van der Waals surface area (Å²) in [6.45, 7) is 1.37. The quantitative estimate of drug-likeness (QED) is 0.863. The van der Waals surface area contributed by atoms with Crippen molar-refractivity contribution in [2.24, 2.45) is 5.73 Å². The highest BCUT2D eigenvalue weighted by Crippen LogP contribution is 2.24. The van der Waals surface area contributed by atoms with E-state index in [0.717, 1.165) is 23.9 Å². The zero-order valence-corrected chi connectivity index (χ0v) is 12.4. The van der Waals surface area contributed by atoms with Crippen LogP contribution in [0.2, 0.25) is 0 Å². The number of benzene rings is 1. The van der Waals surface area contributed by atoms with Crippen LogP contribution in [-0.2, 0) is 4.79 Å². The summed E-state index contributed by atoms with van der Waals surface area (Å²) in [5.41, 5.74) is 7.10. The van der Waals surface area contributed by atoms with Crippen LogP contribution in [-0.4, -0.2) is 40.0 Å². The van der Waals surface area contributed by atoms with Crippen LogP contribution in [0, 0.1) is 0 Å². The van der Waals surface area contributed by atoms with E-state index in [-0.39, 0.29) is 36.6 Å². The molecule has 2 aromatic rings. The molecule has 7 heteroatoms. The SMILES string of the molecule is Cl.NCC(=O)N1CCC(n2c(=O)[nH]c3ccccc32)CC1. The number of carbonyl (C=O) groups is 1. The molecule has 2 heterocycles. The molecule has 0 radical (unpaired) electrons. The van der Waals surface area contributed by atoms with E-state index in [0.29, 0.717) is 13.1 Å². The first-order valence-electron chi connectivity index (χ1n) is 6.88. The van der Waals surface area contributed by atoms with Crippen molar-refractivity contribution in [1.29, 1.82) is 0 Å². The van der Waals surface area contributed by atoms with Crippen LogP contribution in [0.4, 0.5) is 0 Å². The molecule has 0 aliphatic carbocycles. The number of fused-ring (bicyclic) bond motifs is 1. The largest absolute Gasteiger partial charge is 0.341 e. The van der Waals surface area contributed by atoms with Crippen LogP contribution < -0.4 is 11.4 Å². The average Bonchev–Trinajstić information content (AvgIpc) is 2.82. The summed E-state index contributed by atoms with van der Waals surface area (Å²) in [6, 6.07) is 7.83. The average molecular weight is 311 g/mol. The number of amides is 1. The maximum Gasteiger partial charge on any atom is 0.326 e. The van der Waals surface area contributed by atoms with Gasteiger partial charge in [-0.05, 0) is 25.0 Å². The number of nitrogens with zero attached hydrogens (tertiary/aromatic N) is 2. The van der Waals surface area contributed by atoms with Gasteiger partial charge in [-0.3, -0.25) is 9.36 Å². The van der Waals surface area contributed by atoms with Gasteiger partial charge in [0.25, 0.3) is 0 Å². The van der Waals surface area contributed by atoms with E-state index in [4.69, 9.17) is 5.73 Å². The Balaban J connectivity index is 0.00000161. The first-order valence-corrected chi connectivity index (χ1v) is 6.88. The van der Waals surface area contributed by atoms with E-state index in [1.807, 2.05) is 28.8 Å². The fourth-order valence-corrected chi connectivity index (χ4v) is 2.94. The minimum Gasteiger partial charge on any atom is -0.341 e. The molecule has 0 spiro atoms. The first-order chi connectivity index (χ1) is 9.70. The predicted octanol–water partition coefficient (Wildman–Crippen LogP) is 0.874. The van der Waals surface area contributed by atoms with Crippen molar-refractivity contribution in [3.8, 4) is 0 Å². The topological polar surface area (TPSA) is 84.1 Å². The van der Waals surface area contributed by atoms with Gasteiger partial charge in [-0.25, -0.2) is 4.79 Å². The summed E-state index contributed by atoms with van der Waals surface area (Å²) in [5.74, 6) is -0.0188. The third-order valence-corrected chi connectivity index (χ3v) is 3.98. The Kier molecular flexibility index (Phi) is 4.69. The van der Waals surface area contributed by atoms with Crippen molar-refractivity contribution in [1.82, 2.24) is 14.5 Å². The van der Waals surface area contributed by atoms with E-state index in [2.05, 4.69) is 4.98 Å². The standard InChI is InChI=1S/C14H18N4O2.ClH/c15-9-13(19)17-7-5-10(6-8-17)18-12-4-2-1-3-11(12)16-14(18)20;/h1-4,10H,5-9,15H2,(H,16,20);1H. The molecule has 1 fully saturated rings. The first kappa shape index (κ1) is 15.6. The number of H-pyrrole nitrogens is 1. The summed E-state index contributed by atoms with van der Waals surface area (Å²) in [7, 11) is 0. The Labute approximate surface area is 128 Å². The molecule has 0 bridgehead atoms. The van der Waals surface area contributed by atoms with Gasteiger partial charge in [0.05, 0.1) is 17.6 Å². The van der Waals surface area contributed by atoms with Crippen LogP contribution in [0.3, 0.4) is 0 Å². The van der Waals surface area contributed by atoms with Crippen molar-refractivity contribution in [3.05, 3.63) is 34.7 Å². The lowest BCUT2D eigenvalue weighted by Gasteiger charge is -2.32. The highest BCUT2D eigenvalue weighted by atomic mass is 35.5. The number of likely N-dealkylation sites (tertiary alicyclic amines) is 1. The van der Waals surface area contributed by atoms with Crippen molar-refractivity contribution >= 4 is 29.3 Å². The van der Waals surface area contributed by atoms with Gasteiger partial charge >= 0.3 is 5.69 Å². The van der Waals surface area contributed by atoms with Crippen LogP contribution in [0.5, 0.6) is 0 Å². The Morgan fingerprint density at radius 1 is 1.29 bits per heavy atom. The minimum absolute atomic E-state index is 0. The smallest absolute Gasteiger partial charge is 0.326 e. The summed E-state index contributed by atoms with van der Waals surface area (Å²) < 4.78 is 1.82. The molecule has 1 aliphatic heterocycles. The van der Waals surface area contributed by atoms with Gasteiger partial charge in [-0.2, -0.15) is 0 Å². The van der Waals surface area contributed by atoms with Crippen LogP contribution in [0.15, 0.2) is 29.1 Å². The molecule has 1 saturated heterocycles. The van der Waals surface area contributed by atoms with Crippen LogP contribution in [0.25, 0.3) is 11.0 Å².